The Morgan fingerprint density at radius 1 is 1.24 bits per heavy atom. The molecule has 21 heavy (non-hydrogen) atoms. The molecule has 0 aliphatic carbocycles. The summed E-state index contributed by atoms with van der Waals surface area (Å²) in [5.41, 5.74) is 2.45. The van der Waals surface area contributed by atoms with E-state index in [0.717, 1.165) is 12.3 Å². The van der Waals surface area contributed by atoms with Gasteiger partial charge in [0, 0.05) is 18.8 Å². The number of anilines is 1. The quantitative estimate of drug-likeness (QED) is 0.588. The monoisotopic (exact) mass is 335 g/mol. The SMILES string of the molecule is CCN(C(C)C)S(=O)(=O)c1cc(S(C)(=O)=O)ccc1NN. The fourth-order valence-corrected chi connectivity index (χ4v) is 4.56. The minimum atomic E-state index is -3.85. The fourth-order valence-electron chi connectivity index (χ4n) is 2.00. The van der Waals surface area contributed by atoms with Gasteiger partial charge in [-0.15, -0.1) is 0 Å². The molecular formula is C12H21N3O4S2. The van der Waals surface area contributed by atoms with E-state index in [1.54, 1.807) is 20.8 Å². The second-order valence-corrected chi connectivity index (χ2v) is 8.75. The molecule has 3 N–H and O–H groups in total. The van der Waals surface area contributed by atoms with Crippen LogP contribution in [0.15, 0.2) is 28.0 Å². The van der Waals surface area contributed by atoms with Crippen molar-refractivity contribution in [1.82, 2.24) is 4.31 Å². The highest BCUT2D eigenvalue weighted by Crippen LogP contribution is 2.28. The number of nitrogen functional groups attached to an aromatic ring is 1. The minimum absolute atomic E-state index is 0.0696. The van der Waals surface area contributed by atoms with E-state index in [4.69, 9.17) is 5.84 Å². The number of nitrogens with two attached hydrogens (primary N) is 1. The van der Waals surface area contributed by atoms with Crippen LogP contribution in [0.3, 0.4) is 0 Å². The van der Waals surface area contributed by atoms with Crippen LogP contribution in [0.1, 0.15) is 20.8 Å². The van der Waals surface area contributed by atoms with Crippen LogP contribution in [0.5, 0.6) is 0 Å². The molecule has 0 spiro atoms. The van der Waals surface area contributed by atoms with Gasteiger partial charge in [-0.3, -0.25) is 5.84 Å². The average Bonchev–Trinajstić information content (AvgIpc) is 2.36. The number of hydrogen-bond donors (Lipinski definition) is 2. The highest BCUT2D eigenvalue weighted by molar-refractivity contribution is 7.91. The molecule has 0 bridgehead atoms. The van der Waals surface area contributed by atoms with Gasteiger partial charge in [-0.2, -0.15) is 4.31 Å². The van der Waals surface area contributed by atoms with E-state index >= 15 is 0 Å². The average molecular weight is 335 g/mol. The van der Waals surface area contributed by atoms with E-state index in [1.807, 2.05) is 0 Å². The van der Waals surface area contributed by atoms with Gasteiger partial charge < -0.3 is 5.43 Å². The molecular weight excluding hydrogens is 314 g/mol. The first-order valence-electron chi connectivity index (χ1n) is 6.38. The summed E-state index contributed by atoms with van der Waals surface area (Å²) in [4.78, 5) is -0.219. The third-order valence-electron chi connectivity index (χ3n) is 3.01. The van der Waals surface area contributed by atoms with E-state index in [9.17, 15) is 16.8 Å². The molecule has 1 aromatic carbocycles. The summed E-state index contributed by atoms with van der Waals surface area (Å²) in [5, 5.41) is 0. The molecule has 0 aromatic heterocycles. The van der Waals surface area contributed by atoms with Crippen LogP contribution in [0.25, 0.3) is 0 Å². The van der Waals surface area contributed by atoms with Crippen LogP contribution in [0.2, 0.25) is 0 Å². The summed E-state index contributed by atoms with van der Waals surface area (Å²) < 4.78 is 49.9. The first kappa shape index (κ1) is 17.9. The molecule has 120 valence electrons. The van der Waals surface area contributed by atoms with Gasteiger partial charge >= 0.3 is 0 Å². The molecule has 1 aromatic rings. The summed E-state index contributed by atoms with van der Waals surface area (Å²) in [6.45, 7) is 5.48. The Hall–Kier alpha value is -1.16. The largest absolute Gasteiger partial charge is 0.323 e. The first-order chi connectivity index (χ1) is 9.55. The zero-order valence-electron chi connectivity index (χ0n) is 12.5. The molecule has 0 heterocycles. The Kier molecular flexibility index (Phi) is 5.37. The lowest BCUT2D eigenvalue weighted by atomic mass is 10.3. The number of hydrogen-bond acceptors (Lipinski definition) is 6. The lowest BCUT2D eigenvalue weighted by Gasteiger charge is -2.25. The minimum Gasteiger partial charge on any atom is -0.323 e. The van der Waals surface area contributed by atoms with Crippen molar-refractivity contribution < 1.29 is 16.8 Å². The van der Waals surface area contributed by atoms with Gasteiger partial charge in [0.1, 0.15) is 4.90 Å². The number of sulfone groups is 1. The molecule has 0 aliphatic heterocycles. The van der Waals surface area contributed by atoms with Gasteiger partial charge in [0.05, 0.1) is 10.6 Å². The lowest BCUT2D eigenvalue weighted by Crippen LogP contribution is -2.37. The van der Waals surface area contributed by atoms with Crippen molar-refractivity contribution in [2.45, 2.75) is 36.6 Å². The van der Waals surface area contributed by atoms with Crippen molar-refractivity contribution in [3.8, 4) is 0 Å². The molecule has 9 heteroatoms. The number of rotatable bonds is 6. The maximum Gasteiger partial charge on any atom is 0.245 e. The van der Waals surface area contributed by atoms with Crippen molar-refractivity contribution >= 4 is 25.5 Å². The summed E-state index contributed by atoms with van der Waals surface area (Å²) in [5.74, 6) is 5.34. The molecule has 0 amide bonds. The van der Waals surface area contributed by atoms with Crippen LogP contribution in [-0.4, -0.2) is 40.0 Å². The van der Waals surface area contributed by atoms with Crippen LogP contribution < -0.4 is 11.3 Å². The van der Waals surface area contributed by atoms with Crippen LogP contribution in [0.4, 0.5) is 5.69 Å². The van der Waals surface area contributed by atoms with Gasteiger partial charge in [-0.1, -0.05) is 6.92 Å². The van der Waals surface area contributed by atoms with Crippen LogP contribution >= 0.6 is 0 Å². The normalized spacial score (nSPS) is 12.9. The Labute approximate surface area is 126 Å². The Bertz CT molecular complexity index is 712. The van der Waals surface area contributed by atoms with Crippen molar-refractivity contribution in [2.75, 3.05) is 18.2 Å². The number of nitrogens with one attached hydrogen (secondary N) is 1. The Morgan fingerprint density at radius 3 is 2.19 bits per heavy atom. The number of hydrazine groups is 1. The van der Waals surface area contributed by atoms with Gasteiger partial charge in [-0.25, -0.2) is 16.8 Å². The van der Waals surface area contributed by atoms with E-state index in [2.05, 4.69) is 5.43 Å². The van der Waals surface area contributed by atoms with Crippen molar-refractivity contribution in [3.63, 3.8) is 0 Å². The maximum atomic E-state index is 12.7. The summed E-state index contributed by atoms with van der Waals surface area (Å²) in [7, 11) is -7.36. The van der Waals surface area contributed by atoms with Crippen LogP contribution in [-0.2, 0) is 19.9 Å². The third kappa shape index (κ3) is 3.73. The second kappa shape index (κ2) is 6.30. The molecule has 7 nitrogen and oxygen atoms in total. The van der Waals surface area contributed by atoms with Crippen molar-refractivity contribution in [1.29, 1.82) is 0 Å². The highest BCUT2D eigenvalue weighted by Gasteiger charge is 2.29. The standard InChI is InChI=1S/C12H21N3O4S2/c1-5-15(9(2)3)21(18,19)12-8-10(20(4,16)17)6-7-11(12)14-13/h6-9,14H,5,13H2,1-4H3. The molecule has 1 rings (SSSR count). The van der Waals surface area contributed by atoms with E-state index in [0.29, 0.717) is 0 Å². The van der Waals surface area contributed by atoms with Crippen LogP contribution in [0, 0.1) is 0 Å². The molecule has 0 atom stereocenters. The van der Waals surface area contributed by atoms with Crippen molar-refractivity contribution in [2.24, 2.45) is 5.84 Å². The number of sulfonamides is 1. The molecule has 0 fully saturated rings. The topological polar surface area (TPSA) is 110 Å². The van der Waals surface area contributed by atoms with Crippen molar-refractivity contribution in [3.05, 3.63) is 18.2 Å². The fraction of sp³-hybridized carbons (Fsp3) is 0.500. The van der Waals surface area contributed by atoms with Gasteiger partial charge in [-0.05, 0) is 32.0 Å². The zero-order chi connectivity index (χ0) is 16.4. The van der Waals surface area contributed by atoms with Gasteiger partial charge in [0.2, 0.25) is 10.0 Å². The smallest absolute Gasteiger partial charge is 0.245 e. The van der Waals surface area contributed by atoms with E-state index in [1.165, 1.54) is 16.4 Å². The molecule has 0 aliphatic rings. The van der Waals surface area contributed by atoms with Gasteiger partial charge in [0.25, 0.3) is 0 Å². The molecule has 0 unspecified atom stereocenters. The predicted octanol–water partition coefficient (Wildman–Crippen LogP) is 0.795. The maximum absolute atomic E-state index is 12.7. The third-order valence-corrected chi connectivity index (χ3v) is 6.31. The Balaban J connectivity index is 3.60. The molecule has 0 saturated heterocycles. The highest BCUT2D eigenvalue weighted by atomic mass is 32.2. The van der Waals surface area contributed by atoms with E-state index < -0.39 is 19.9 Å². The zero-order valence-corrected chi connectivity index (χ0v) is 14.1. The number of nitrogens with zero attached hydrogens (tertiary/aromatic N) is 1. The summed E-state index contributed by atoms with van der Waals surface area (Å²) in [6, 6.07) is 3.53. The number of benzene rings is 1. The molecule has 0 saturated carbocycles. The second-order valence-electron chi connectivity index (χ2n) is 4.88. The Morgan fingerprint density at radius 2 is 1.81 bits per heavy atom. The van der Waals surface area contributed by atoms with Gasteiger partial charge in [0.15, 0.2) is 9.84 Å². The lowest BCUT2D eigenvalue weighted by molar-refractivity contribution is 0.369. The van der Waals surface area contributed by atoms with E-state index in [-0.39, 0.29) is 28.1 Å². The predicted molar refractivity (Wildman–Crippen MR) is 82.1 cm³/mol. The summed E-state index contributed by atoms with van der Waals surface area (Å²) in [6.07, 6.45) is 1.02. The molecule has 0 radical (unpaired) electrons. The summed E-state index contributed by atoms with van der Waals surface area (Å²) >= 11 is 0. The first-order valence-corrected chi connectivity index (χ1v) is 9.71.